The summed E-state index contributed by atoms with van der Waals surface area (Å²) in [6.07, 6.45) is 2.04. The van der Waals surface area contributed by atoms with Crippen molar-refractivity contribution >= 4 is 34.1 Å². The van der Waals surface area contributed by atoms with E-state index in [0.29, 0.717) is 33.4 Å². The van der Waals surface area contributed by atoms with Crippen molar-refractivity contribution in [2.45, 2.75) is 25.4 Å². The Bertz CT molecular complexity index is 1520. The third-order valence-corrected chi connectivity index (χ3v) is 6.42. The number of benzene rings is 2. The molecule has 5 rings (SSSR count). The number of carboxylic acid groups (broad SMARTS) is 1. The van der Waals surface area contributed by atoms with Crippen molar-refractivity contribution < 1.29 is 27.5 Å². The van der Waals surface area contributed by atoms with Crippen LogP contribution in [-0.2, 0) is 11.0 Å². The van der Waals surface area contributed by atoms with Gasteiger partial charge in [0.2, 0.25) is 5.95 Å². The van der Waals surface area contributed by atoms with Crippen molar-refractivity contribution in [2.75, 3.05) is 0 Å². The highest BCUT2D eigenvalue weighted by atomic mass is 19.4. The van der Waals surface area contributed by atoms with Gasteiger partial charge in [0.05, 0.1) is 16.5 Å². The normalized spacial score (nSPS) is 15.1. The molecule has 0 atom stereocenters. The van der Waals surface area contributed by atoms with Crippen molar-refractivity contribution in [3.05, 3.63) is 95.0 Å². The number of nitrogens with zero attached hydrogens (tertiary/aromatic N) is 3. The molecule has 1 aliphatic carbocycles. The van der Waals surface area contributed by atoms with Gasteiger partial charge in [-0.1, -0.05) is 36.8 Å². The number of rotatable bonds is 6. The summed E-state index contributed by atoms with van der Waals surface area (Å²) in [7, 11) is 0. The van der Waals surface area contributed by atoms with Crippen LogP contribution in [0.15, 0.2) is 60.9 Å². The fraction of sp³-hybridized carbons (Fsp3) is 0.185. The number of alkyl halides is 3. The lowest BCUT2D eigenvalue weighted by molar-refractivity contribution is -0.138. The number of nitrogens with one attached hydrogen (secondary N) is 1. The zero-order chi connectivity index (χ0) is 26.2. The number of carbonyl (C=O) groups is 1. The lowest BCUT2D eigenvalue weighted by Crippen LogP contribution is -2.17. The summed E-state index contributed by atoms with van der Waals surface area (Å²) in [5.74, 6) is -1.49. The first kappa shape index (κ1) is 24.4. The van der Waals surface area contributed by atoms with Crippen molar-refractivity contribution in [3.63, 3.8) is 0 Å². The standard InChI is InChI=1S/C27H20F4N4O2/c28-25-20-12-18(9-10-21(20)34-35-25)23(17-7-4-15(5-8-17)6-11-22(36)37)24(16-2-1-3-16)26-32-13-19(14-33-26)27(29,30)31/h4-14,16H,1-3H2,(H,34,35)(H,36,37). The molecule has 0 bridgehead atoms. The second-order valence-corrected chi connectivity index (χ2v) is 8.77. The van der Waals surface area contributed by atoms with Crippen molar-refractivity contribution in [3.8, 4) is 0 Å². The van der Waals surface area contributed by atoms with Gasteiger partial charge >= 0.3 is 12.1 Å². The molecule has 6 nitrogen and oxygen atoms in total. The minimum atomic E-state index is -4.56. The zero-order valence-electron chi connectivity index (χ0n) is 19.3. The molecule has 1 aliphatic rings. The van der Waals surface area contributed by atoms with E-state index in [1.54, 1.807) is 42.5 Å². The topological polar surface area (TPSA) is 91.8 Å². The van der Waals surface area contributed by atoms with Crippen LogP contribution in [0.25, 0.3) is 28.1 Å². The Hall–Kier alpha value is -4.34. The number of hydrogen-bond acceptors (Lipinski definition) is 4. The molecule has 0 saturated heterocycles. The minimum absolute atomic E-state index is 0.00298. The summed E-state index contributed by atoms with van der Waals surface area (Å²) in [5.41, 5.74) is 2.83. The van der Waals surface area contributed by atoms with E-state index in [-0.39, 0.29) is 17.1 Å². The summed E-state index contributed by atoms with van der Waals surface area (Å²) in [4.78, 5) is 19.1. The van der Waals surface area contributed by atoms with Crippen LogP contribution >= 0.6 is 0 Å². The fourth-order valence-corrected chi connectivity index (χ4v) is 4.35. The molecule has 37 heavy (non-hydrogen) atoms. The number of aliphatic carboxylic acids is 1. The largest absolute Gasteiger partial charge is 0.478 e. The molecule has 1 saturated carbocycles. The van der Waals surface area contributed by atoms with Gasteiger partial charge in [0.1, 0.15) is 0 Å². The predicted octanol–water partition coefficient (Wildman–Crippen LogP) is 6.37. The second kappa shape index (κ2) is 9.61. The quantitative estimate of drug-likeness (QED) is 0.233. The molecule has 0 aliphatic heterocycles. The highest BCUT2D eigenvalue weighted by Gasteiger charge is 2.33. The smallest absolute Gasteiger partial charge is 0.419 e. The maximum Gasteiger partial charge on any atom is 0.419 e. The van der Waals surface area contributed by atoms with Crippen LogP contribution in [0, 0.1) is 11.9 Å². The molecular formula is C27H20F4N4O2. The number of aromatic nitrogens is 4. The van der Waals surface area contributed by atoms with Crippen LogP contribution in [0.3, 0.4) is 0 Å². The molecule has 0 unspecified atom stereocenters. The lowest BCUT2D eigenvalue weighted by atomic mass is 9.75. The Kier molecular flexibility index (Phi) is 6.32. The summed E-state index contributed by atoms with van der Waals surface area (Å²) in [6.45, 7) is 0. The second-order valence-electron chi connectivity index (χ2n) is 8.77. The highest BCUT2D eigenvalue weighted by Crippen LogP contribution is 2.44. The van der Waals surface area contributed by atoms with Gasteiger partial charge in [0.15, 0.2) is 5.82 Å². The summed E-state index contributed by atoms with van der Waals surface area (Å²) < 4.78 is 53.9. The average Bonchev–Trinajstić information content (AvgIpc) is 3.21. The minimum Gasteiger partial charge on any atom is -0.478 e. The Labute approximate surface area is 208 Å². The van der Waals surface area contributed by atoms with E-state index in [2.05, 4.69) is 20.2 Å². The van der Waals surface area contributed by atoms with E-state index >= 15 is 0 Å². The van der Waals surface area contributed by atoms with Crippen LogP contribution in [0.4, 0.5) is 17.6 Å². The molecular weight excluding hydrogens is 488 g/mol. The Balaban J connectivity index is 1.72. The van der Waals surface area contributed by atoms with Crippen LogP contribution in [0.1, 0.15) is 47.3 Å². The van der Waals surface area contributed by atoms with Crippen LogP contribution < -0.4 is 0 Å². The Morgan fingerprint density at radius 1 is 1.03 bits per heavy atom. The van der Waals surface area contributed by atoms with Crippen molar-refractivity contribution in [1.82, 2.24) is 20.2 Å². The molecule has 4 aromatic rings. The summed E-state index contributed by atoms with van der Waals surface area (Å²) in [5, 5.41) is 15.4. The van der Waals surface area contributed by atoms with Gasteiger partial charge in [-0.2, -0.15) is 22.7 Å². The van der Waals surface area contributed by atoms with Gasteiger partial charge in [0.25, 0.3) is 0 Å². The van der Waals surface area contributed by atoms with Gasteiger partial charge in [-0.15, -0.1) is 0 Å². The third-order valence-electron chi connectivity index (χ3n) is 6.42. The first-order valence-corrected chi connectivity index (χ1v) is 11.5. The first-order valence-electron chi connectivity index (χ1n) is 11.5. The molecule has 2 N–H and O–H groups in total. The van der Waals surface area contributed by atoms with Crippen molar-refractivity contribution in [1.29, 1.82) is 0 Å². The zero-order valence-corrected chi connectivity index (χ0v) is 19.3. The van der Waals surface area contributed by atoms with E-state index in [1.165, 1.54) is 6.08 Å². The highest BCUT2D eigenvalue weighted by molar-refractivity contribution is 6.00. The van der Waals surface area contributed by atoms with Crippen LogP contribution in [0.5, 0.6) is 0 Å². The molecule has 2 aromatic carbocycles. The third kappa shape index (κ3) is 5.00. The van der Waals surface area contributed by atoms with Gasteiger partial charge in [-0.05, 0) is 59.2 Å². The number of fused-ring (bicyclic) bond motifs is 1. The number of carboxylic acids is 1. The summed E-state index contributed by atoms with van der Waals surface area (Å²) in [6, 6.07) is 12.1. The van der Waals surface area contributed by atoms with Crippen LogP contribution in [-0.4, -0.2) is 31.2 Å². The first-order chi connectivity index (χ1) is 17.7. The molecule has 188 valence electrons. The van der Waals surface area contributed by atoms with Gasteiger partial charge in [0, 0.05) is 24.0 Å². The van der Waals surface area contributed by atoms with E-state index in [1.807, 2.05) is 0 Å². The molecule has 0 radical (unpaired) electrons. The van der Waals surface area contributed by atoms with E-state index in [0.717, 1.165) is 37.7 Å². The number of H-pyrrole nitrogens is 1. The fourth-order valence-electron chi connectivity index (χ4n) is 4.35. The molecule has 2 aromatic heterocycles. The maximum absolute atomic E-state index is 14.4. The molecule has 0 amide bonds. The van der Waals surface area contributed by atoms with Crippen molar-refractivity contribution in [2.24, 2.45) is 5.92 Å². The van der Waals surface area contributed by atoms with E-state index in [9.17, 15) is 22.4 Å². The van der Waals surface area contributed by atoms with E-state index < -0.39 is 23.7 Å². The lowest BCUT2D eigenvalue weighted by Gasteiger charge is -2.30. The number of halogens is 4. The molecule has 2 heterocycles. The predicted molar refractivity (Wildman–Crippen MR) is 129 cm³/mol. The van der Waals surface area contributed by atoms with Gasteiger partial charge in [-0.25, -0.2) is 14.8 Å². The SMILES string of the molecule is O=C(O)C=Cc1ccc(C(=C(c2ncc(C(F)(F)F)cn2)C2CCC2)c2ccc3n[nH]c(F)c3c2)cc1. The Morgan fingerprint density at radius 2 is 1.70 bits per heavy atom. The monoisotopic (exact) mass is 508 g/mol. The molecule has 1 fully saturated rings. The van der Waals surface area contributed by atoms with Gasteiger partial charge < -0.3 is 5.11 Å². The Morgan fingerprint density at radius 3 is 2.30 bits per heavy atom. The number of aromatic amines is 1. The number of hydrogen-bond donors (Lipinski definition) is 2. The van der Waals surface area contributed by atoms with E-state index in [4.69, 9.17) is 5.11 Å². The van der Waals surface area contributed by atoms with Crippen LogP contribution in [0.2, 0.25) is 0 Å². The van der Waals surface area contributed by atoms with Gasteiger partial charge in [-0.3, -0.25) is 5.10 Å². The summed E-state index contributed by atoms with van der Waals surface area (Å²) >= 11 is 0. The maximum atomic E-state index is 14.4. The average molecular weight is 508 g/mol. The molecule has 10 heteroatoms. The number of allylic oxidation sites excluding steroid dienone is 1. The molecule has 0 spiro atoms.